The number of rotatable bonds is 9. The van der Waals surface area contributed by atoms with Crippen LogP contribution in [0, 0.1) is 5.41 Å². The van der Waals surface area contributed by atoms with Crippen LogP contribution in [0.2, 0.25) is 5.02 Å². The highest BCUT2D eigenvalue weighted by atomic mass is 35.5. The minimum Gasteiger partial charge on any atom is -0.463 e. The molecule has 3 aliphatic heterocycles. The number of fused-ring (bicyclic) bond motifs is 2. The van der Waals surface area contributed by atoms with Gasteiger partial charge in [0.25, 0.3) is 0 Å². The number of ether oxygens (including phenoxy) is 2. The van der Waals surface area contributed by atoms with Gasteiger partial charge in [0.1, 0.15) is 12.4 Å². The molecule has 0 spiro atoms. The predicted molar refractivity (Wildman–Crippen MR) is 174 cm³/mol. The Kier molecular flexibility index (Phi) is 7.89. The van der Waals surface area contributed by atoms with Crippen molar-refractivity contribution in [2.75, 3.05) is 69.4 Å². The molecule has 1 aromatic heterocycles. The fourth-order valence-electron chi connectivity index (χ4n) is 7.04. The number of hydrogen-bond donors (Lipinski definition) is 0. The fraction of sp³-hybridized carbons (Fsp3) is 0.500. The molecule has 2 aromatic carbocycles. The van der Waals surface area contributed by atoms with Crippen LogP contribution in [-0.2, 0) is 22.5 Å². The lowest BCUT2D eigenvalue weighted by Crippen LogP contribution is -2.54. The monoisotopic (exact) mass is 616 g/mol. The smallest absolute Gasteiger partial charge is 0.318 e. The summed E-state index contributed by atoms with van der Waals surface area (Å²) in [5, 5.41) is 2.94. The molecule has 0 radical (unpaired) electrons. The number of carbonyl (C=O) groups is 1. The van der Waals surface area contributed by atoms with Gasteiger partial charge < -0.3 is 29.1 Å². The van der Waals surface area contributed by atoms with E-state index in [2.05, 4.69) is 59.5 Å². The second-order valence-corrected chi connectivity index (χ2v) is 13.4. The third-order valence-electron chi connectivity index (χ3n) is 9.66. The van der Waals surface area contributed by atoms with Gasteiger partial charge >= 0.3 is 6.01 Å². The van der Waals surface area contributed by atoms with E-state index in [0.29, 0.717) is 58.1 Å². The summed E-state index contributed by atoms with van der Waals surface area (Å²) in [4.78, 5) is 31.5. The molecule has 0 N–H and O–H groups in total. The molecule has 1 amide bonds. The Hall–Kier alpha value is -3.40. The standard InChI is InChI=1S/C34H41ClN6O3/c1-4-30(42)40-15-16-41(23(2)17-40)32-26-13-14-39(29-10-6-8-24-7-5-9-27(35)31(24)29)18-28(26)36-33(37-32)44-22-34(20-43-21-34)19-38(3)25-11-12-25/h4-10,23,25H,1,11-22H2,2-3H3/t23-/m0/s1. The van der Waals surface area contributed by atoms with Gasteiger partial charge in [-0.15, -0.1) is 0 Å². The van der Waals surface area contributed by atoms with E-state index in [9.17, 15) is 4.79 Å². The number of carbonyl (C=O) groups excluding carboxylic acids is 1. The summed E-state index contributed by atoms with van der Waals surface area (Å²) in [6, 6.07) is 13.6. The average Bonchev–Trinajstić information content (AvgIpc) is 3.87. The fourth-order valence-corrected chi connectivity index (χ4v) is 7.32. The maximum absolute atomic E-state index is 12.4. The van der Waals surface area contributed by atoms with Crippen molar-refractivity contribution in [1.29, 1.82) is 0 Å². The van der Waals surface area contributed by atoms with Gasteiger partial charge in [0.05, 0.1) is 35.9 Å². The molecule has 0 bridgehead atoms. The Bertz CT molecular complexity index is 1570. The SMILES string of the molecule is C=CC(=O)N1CCN(c2nc(OCC3(CN(C)C4CC4)COC3)nc3c2CCN(c2cccc4cccc(Cl)c24)C3)[C@@H](C)C1. The molecule has 2 saturated heterocycles. The Morgan fingerprint density at radius 1 is 1.18 bits per heavy atom. The van der Waals surface area contributed by atoms with E-state index in [4.69, 9.17) is 31.0 Å². The highest BCUT2D eigenvalue weighted by Gasteiger charge is 2.43. The zero-order valence-corrected chi connectivity index (χ0v) is 26.4. The summed E-state index contributed by atoms with van der Waals surface area (Å²) in [6.45, 7) is 12.1. The van der Waals surface area contributed by atoms with Crippen LogP contribution in [0.3, 0.4) is 0 Å². The van der Waals surface area contributed by atoms with E-state index >= 15 is 0 Å². The second-order valence-electron chi connectivity index (χ2n) is 13.0. The molecule has 44 heavy (non-hydrogen) atoms. The molecule has 232 valence electrons. The number of aromatic nitrogens is 2. The normalized spacial score (nSPS) is 21.3. The largest absolute Gasteiger partial charge is 0.463 e. The van der Waals surface area contributed by atoms with E-state index < -0.39 is 0 Å². The topological polar surface area (TPSA) is 74.3 Å². The van der Waals surface area contributed by atoms with Crippen LogP contribution >= 0.6 is 11.6 Å². The third kappa shape index (κ3) is 5.61. The lowest BCUT2D eigenvalue weighted by molar-refractivity contribution is -0.143. The van der Waals surface area contributed by atoms with Crippen molar-refractivity contribution in [2.45, 2.75) is 44.8 Å². The summed E-state index contributed by atoms with van der Waals surface area (Å²) in [6.07, 6.45) is 4.74. The Labute approximate surface area is 264 Å². The number of anilines is 2. The summed E-state index contributed by atoms with van der Waals surface area (Å²) in [5.41, 5.74) is 3.20. The van der Waals surface area contributed by atoms with Crippen LogP contribution in [0.4, 0.5) is 11.5 Å². The lowest BCUT2D eigenvalue weighted by atomic mass is 9.86. The van der Waals surface area contributed by atoms with Crippen molar-refractivity contribution in [3.63, 3.8) is 0 Å². The molecule has 7 rings (SSSR count). The first-order valence-electron chi connectivity index (χ1n) is 15.7. The minimum atomic E-state index is -0.0491. The van der Waals surface area contributed by atoms with E-state index in [1.54, 1.807) is 0 Å². The van der Waals surface area contributed by atoms with Crippen LogP contribution in [0.1, 0.15) is 31.0 Å². The molecular weight excluding hydrogens is 576 g/mol. The van der Waals surface area contributed by atoms with Gasteiger partial charge in [0, 0.05) is 61.4 Å². The van der Waals surface area contributed by atoms with E-state index in [1.807, 2.05) is 17.0 Å². The van der Waals surface area contributed by atoms with Crippen LogP contribution in [0.25, 0.3) is 10.8 Å². The van der Waals surface area contributed by atoms with E-state index in [1.165, 1.54) is 18.9 Å². The summed E-state index contributed by atoms with van der Waals surface area (Å²) < 4.78 is 12.2. The first kappa shape index (κ1) is 29.3. The average molecular weight is 617 g/mol. The van der Waals surface area contributed by atoms with Crippen molar-refractivity contribution < 1.29 is 14.3 Å². The van der Waals surface area contributed by atoms with Crippen LogP contribution in [0.5, 0.6) is 6.01 Å². The summed E-state index contributed by atoms with van der Waals surface area (Å²) in [5.74, 6) is 0.895. The highest BCUT2D eigenvalue weighted by Crippen LogP contribution is 2.38. The number of halogens is 1. The number of nitrogens with zero attached hydrogens (tertiary/aromatic N) is 6. The maximum atomic E-state index is 12.4. The van der Waals surface area contributed by atoms with Gasteiger partial charge in [-0.1, -0.05) is 42.4 Å². The van der Waals surface area contributed by atoms with Gasteiger partial charge in [-0.25, -0.2) is 0 Å². The molecule has 1 aliphatic carbocycles. The molecule has 10 heteroatoms. The zero-order valence-electron chi connectivity index (χ0n) is 25.7. The molecule has 1 atom stereocenters. The number of piperazine rings is 1. The van der Waals surface area contributed by atoms with Crippen molar-refractivity contribution in [3.05, 3.63) is 65.3 Å². The Morgan fingerprint density at radius 2 is 1.98 bits per heavy atom. The molecule has 3 fully saturated rings. The van der Waals surface area contributed by atoms with E-state index in [-0.39, 0.29) is 17.4 Å². The van der Waals surface area contributed by atoms with Crippen LogP contribution < -0.4 is 14.5 Å². The lowest BCUT2D eigenvalue weighted by Gasteiger charge is -2.43. The first-order valence-corrected chi connectivity index (χ1v) is 16.1. The molecule has 1 saturated carbocycles. The summed E-state index contributed by atoms with van der Waals surface area (Å²) in [7, 11) is 2.21. The van der Waals surface area contributed by atoms with Gasteiger partial charge in [-0.2, -0.15) is 9.97 Å². The molecule has 4 heterocycles. The van der Waals surface area contributed by atoms with Crippen molar-refractivity contribution >= 4 is 39.8 Å². The van der Waals surface area contributed by atoms with Crippen LogP contribution in [0.15, 0.2) is 49.1 Å². The zero-order chi connectivity index (χ0) is 30.4. The van der Waals surface area contributed by atoms with Gasteiger partial charge in [0.15, 0.2) is 0 Å². The molecule has 4 aliphatic rings. The molecule has 9 nitrogen and oxygen atoms in total. The van der Waals surface area contributed by atoms with Gasteiger partial charge in [0.2, 0.25) is 5.91 Å². The Balaban J connectivity index is 1.20. The number of amides is 1. The maximum Gasteiger partial charge on any atom is 0.318 e. The van der Waals surface area contributed by atoms with E-state index in [0.717, 1.165) is 58.1 Å². The van der Waals surface area contributed by atoms with Crippen molar-refractivity contribution in [1.82, 2.24) is 19.8 Å². The van der Waals surface area contributed by atoms with Crippen molar-refractivity contribution in [2.24, 2.45) is 5.41 Å². The van der Waals surface area contributed by atoms with Gasteiger partial charge in [-0.05, 0) is 56.8 Å². The van der Waals surface area contributed by atoms with Crippen LogP contribution in [-0.4, -0.2) is 97.4 Å². The first-order chi connectivity index (χ1) is 21.3. The highest BCUT2D eigenvalue weighted by molar-refractivity contribution is 6.36. The molecular formula is C34H41ClN6O3. The predicted octanol–water partition coefficient (Wildman–Crippen LogP) is 4.56. The van der Waals surface area contributed by atoms with Gasteiger partial charge in [-0.3, -0.25) is 4.79 Å². The minimum absolute atomic E-state index is 0.0289. The number of benzene rings is 2. The molecule has 0 unspecified atom stereocenters. The Morgan fingerprint density at radius 3 is 2.68 bits per heavy atom. The number of hydrogen-bond acceptors (Lipinski definition) is 8. The third-order valence-corrected chi connectivity index (χ3v) is 9.98. The summed E-state index contributed by atoms with van der Waals surface area (Å²) >= 11 is 6.73. The van der Waals surface area contributed by atoms with Crippen molar-refractivity contribution in [3.8, 4) is 6.01 Å². The second kappa shape index (κ2) is 11.8. The quantitative estimate of drug-likeness (QED) is 0.324. The molecule has 3 aromatic rings.